The van der Waals surface area contributed by atoms with Gasteiger partial charge in [-0.2, -0.15) is 5.26 Å². The molecule has 0 spiro atoms. The zero-order valence-electron chi connectivity index (χ0n) is 23.9. The second kappa shape index (κ2) is 11.7. The molecule has 7 aromatic carbocycles. The highest BCUT2D eigenvalue weighted by molar-refractivity contribution is 6.20. The van der Waals surface area contributed by atoms with Crippen molar-refractivity contribution in [2.45, 2.75) is 6.17 Å². The summed E-state index contributed by atoms with van der Waals surface area (Å²) in [5, 5.41) is 28.9. The fraction of sp³-hybridized carbons (Fsp3) is 0.0250. The van der Waals surface area contributed by atoms with Crippen molar-refractivity contribution in [3.63, 3.8) is 0 Å². The van der Waals surface area contributed by atoms with Gasteiger partial charge in [0.15, 0.2) is 0 Å². The molecule has 7 aromatic rings. The predicted octanol–water partition coefficient (Wildman–Crippen LogP) is 9.42. The van der Waals surface area contributed by atoms with Gasteiger partial charge in [0.05, 0.1) is 11.6 Å². The molecule has 0 fully saturated rings. The van der Waals surface area contributed by atoms with Crippen LogP contribution in [0.5, 0.6) is 0 Å². The second-order valence-electron chi connectivity index (χ2n) is 10.7. The molecule has 0 radical (unpaired) electrons. The number of nitrogens with zero attached hydrogens (tertiary/aromatic N) is 2. The van der Waals surface area contributed by atoms with Crippen LogP contribution in [-0.4, -0.2) is 12.1 Å². The Morgan fingerprint density at radius 2 is 1.34 bits per heavy atom. The summed E-state index contributed by atoms with van der Waals surface area (Å²) in [6.45, 7) is 0. The summed E-state index contributed by atoms with van der Waals surface area (Å²) in [4.78, 5) is 5.11. The summed E-state index contributed by atoms with van der Waals surface area (Å²) in [5.41, 5.74) is 5.27. The van der Waals surface area contributed by atoms with E-state index in [4.69, 9.17) is 4.99 Å². The molecule has 1 atom stereocenters. The van der Waals surface area contributed by atoms with Gasteiger partial charge in [0.2, 0.25) is 0 Å². The van der Waals surface area contributed by atoms with E-state index in [0.717, 1.165) is 44.0 Å². The second-order valence-corrected chi connectivity index (χ2v) is 10.7. The van der Waals surface area contributed by atoms with Gasteiger partial charge in [0, 0.05) is 17.3 Å². The van der Waals surface area contributed by atoms with Gasteiger partial charge in [-0.1, -0.05) is 127 Å². The molecule has 0 aliphatic heterocycles. The topological polar surface area (TPSA) is 72.0 Å². The maximum Gasteiger partial charge on any atom is 0.145 e. The number of fused-ring (bicyclic) bond motifs is 4. The van der Waals surface area contributed by atoms with E-state index in [2.05, 4.69) is 90.2 Å². The van der Waals surface area contributed by atoms with E-state index in [1.165, 1.54) is 16.2 Å². The standard InChI is InChI=1S/C40H28N4/c41-25-27-18-20-30(21-19-27)40(44-39(42)36-17-9-8-14-32(36)28-10-2-1-3-11-28)43-26-38-34-16-7-5-13-31(34)24-37-33-15-6-4-12-29(33)22-23-35(37)38/h1-24,26,40H,(H2,42,44)/b43-26+. The summed E-state index contributed by atoms with van der Waals surface area (Å²) >= 11 is 0. The smallest absolute Gasteiger partial charge is 0.145 e. The number of nitriles is 1. The molecule has 4 heteroatoms. The first kappa shape index (κ1) is 26.8. The van der Waals surface area contributed by atoms with Gasteiger partial charge in [-0.05, 0) is 67.2 Å². The van der Waals surface area contributed by atoms with Crippen molar-refractivity contribution in [2.75, 3.05) is 0 Å². The Hall–Kier alpha value is -6.05. The molecule has 7 rings (SSSR count). The fourth-order valence-electron chi connectivity index (χ4n) is 5.87. The molecule has 1 unspecified atom stereocenters. The highest BCUT2D eigenvalue weighted by atomic mass is 15.1. The lowest BCUT2D eigenvalue weighted by atomic mass is 9.94. The first-order chi connectivity index (χ1) is 21.7. The first-order valence-electron chi connectivity index (χ1n) is 14.6. The minimum absolute atomic E-state index is 0.268. The molecule has 0 aromatic heterocycles. The zero-order chi connectivity index (χ0) is 29.9. The molecule has 44 heavy (non-hydrogen) atoms. The summed E-state index contributed by atoms with van der Waals surface area (Å²) < 4.78 is 0. The van der Waals surface area contributed by atoms with E-state index in [-0.39, 0.29) is 5.84 Å². The first-order valence-corrected chi connectivity index (χ1v) is 14.6. The molecule has 0 saturated carbocycles. The van der Waals surface area contributed by atoms with Gasteiger partial charge in [-0.15, -0.1) is 0 Å². The molecular formula is C40H28N4. The van der Waals surface area contributed by atoms with Crippen LogP contribution in [-0.2, 0) is 0 Å². The number of nitrogens with one attached hydrogen (secondary N) is 2. The highest BCUT2D eigenvalue weighted by Gasteiger charge is 2.16. The van der Waals surface area contributed by atoms with Gasteiger partial charge in [0.25, 0.3) is 0 Å². The van der Waals surface area contributed by atoms with Crippen LogP contribution in [0.3, 0.4) is 0 Å². The van der Waals surface area contributed by atoms with E-state index in [1.807, 2.05) is 60.8 Å². The van der Waals surface area contributed by atoms with Crippen molar-refractivity contribution in [1.82, 2.24) is 5.32 Å². The Balaban J connectivity index is 1.35. The van der Waals surface area contributed by atoms with E-state index in [1.54, 1.807) is 12.1 Å². The van der Waals surface area contributed by atoms with Crippen LogP contribution < -0.4 is 5.32 Å². The maximum absolute atomic E-state index is 9.40. The number of aliphatic imine (C=N–C) groups is 1. The lowest BCUT2D eigenvalue weighted by molar-refractivity contribution is 0.685. The van der Waals surface area contributed by atoms with Gasteiger partial charge < -0.3 is 5.32 Å². The van der Waals surface area contributed by atoms with Gasteiger partial charge in [-0.25, -0.2) is 0 Å². The zero-order valence-corrected chi connectivity index (χ0v) is 23.9. The predicted molar refractivity (Wildman–Crippen MR) is 182 cm³/mol. The minimum atomic E-state index is -0.562. The Morgan fingerprint density at radius 3 is 2.14 bits per heavy atom. The molecule has 0 bridgehead atoms. The Labute approximate surface area is 256 Å². The third kappa shape index (κ3) is 5.08. The lowest BCUT2D eigenvalue weighted by Crippen LogP contribution is -2.28. The van der Waals surface area contributed by atoms with Gasteiger partial charge in [0.1, 0.15) is 12.0 Å². The summed E-state index contributed by atoms with van der Waals surface area (Å²) in [6, 6.07) is 51.1. The van der Waals surface area contributed by atoms with Crippen LogP contribution in [0, 0.1) is 16.7 Å². The largest absolute Gasteiger partial charge is 0.345 e. The molecule has 0 heterocycles. The average Bonchev–Trinajstić information content (AvgIpc) is 3.09. The third-order valence-corrected chi connectivity index (χ3v) is 8.08. The van der Waals surface area contributed by atoms with Crippen LogP contribution in [0.25, 0.3) is 43.4 Å². The minimum Gasteiger partial charge on any atom is -0.345 e. The third-order valence-electron chi connectivity index (χ3n) is 8.08. The summed E-state index contributed by atoms with van der Waals surface area (Å²) in [6.07, 6.45) is 1.37. The van der Waals surface area contributed by atoms with E-state index in [9.17, 15) is 10.7 Å². The molecule has 0 saturated heterocycles. The van der Waals surface area contributed by atoms with Crippen LogP contribution in [0.1, 0.15) is 28.4 Å². The highest BCUT2D eigenvalue weighted by Crippen LogP contribution is 2.33. The molecular weight excluding hydrogens is 536 g/mol. The molecule has 0 amide bonds. The van der Waals surface area contributed by atoms with Crippen LogP contribution in [0.4, 0.5) is 0 Å². The molecule has 0 aliphatic carbocycles. The van der Waals surface area contributed by atoms with Gasteiger partial charge >= 0.3 is 0 Å². The summed E-state index contributed by atoms with van der Waals surface area (Å²) in [7, 11) is 0. The Kier molecular flexibility index (Phi) is 7.12. The molecule has 208 valence electrons. The molecule has 4 nitrogen and oxygen atoms in total. The normalized spacial score (nSPS) is 12.0. The number of hydrogen-bond donors (Lipinski definition) is 2. The van der Waals surface area contributed by atoms with E-state index < -0.39 is 6.17 Å². The van der Waals surface area contributed by atoms with Crippen LogP contribution in [0.15, 0.2) is 151 Å². The average molecular weight is 565 g/mol. The van der Waals surface area contributed by atoms with Crippen LogP contribution >= 0.6 is 0 Å². The quantitative estimate of drug-likeness (QED) is 0.0914. The van der Waals surface area contributed by atoms with Crippen molar-refractivity contribution in [2.24, 2.45) is 4.99 Å². The number of benzene rings is 7. The van der Waals surface area contributed by atoms with E-state index >= 15 is 0 Å². The Morgan fingerprint density at radius 1 is 0.659 bits per heavy atom. The van der Waals surface area contributed by atoms with Crippen molar-refractivity contribution >= 4 is 44.4 Å². The molecule has 2 N–H and O–H groups in total. The monoisotopic (exact) mass is 564 g/mol. The van der Waals surface area contributed by atoms with E-state index in [0.29, 0.717) is 5.56 Å². The van der Waals surface area contributed by atoms with Gasteiger partial charge in [-0.3, -0.25) is 10.4 Å². The molecule has 0 aliphatic rings. The maximum atomic E-state index is 9.40. The summed E-state index contributed by atoms with van der Waals surface area (Å²) in [5.74, 6) is 0.268. The number of amidine groups is 1. The SMILES string of the molecule is N#Cc1ccc(C(/N=C/c2c3ccccc3cc3c2ccc2ccccc23)NC(=N)c2ccccc2-c2ccccc2)cc1. The van der Waals surface area contributed by atoms with Crippen molar-refractivity contribution < 1.29 is 0 Å². The van der Waals surface area contributed by atoms with Crippen molar-refractivity contribution in [1.29, 1.82) is 10.7 Å². The number of hydrogen-bond acceptors (Lipinski definition) is 3. The lowest BCUT2D eigenvalue weighted by Gasteiger charge is -2.19. The van der Waals surface area contributed by atoms with Crippen molar-refractivity contribution in [3.8, 4) is 17.2 Å². The van der Waals surface area contributed by atoms with Crippen LogP contribution in [0.2, 0.25) is 0 Å². The Bertz CT molecular complexity index is 2230. The van der Waals surface area contributed by atoms with Crippen molar-refractivity contribution in [3.05, 3.63) is 168 Å². The fourth-order valence-corrected chi connectivity index (χ4v) is 5.87. The number of rotatable bonds is 6.